The van der Waals surface area contributed by atoms with Crippen molar-refractivity contribution in [3.63, 3.8) is 0 Å². The Kier molecular flexibility index (Phi) is 10.7. The molecular weight excluding hydrogens is 702 g/mol. The fourth-order valence-electron chi connectivity index (χ4n) is 6.65. The van der Waals surface area contributed by atoms with E-state index in [4.69, 9.17) is 9.47 Å². The minimum atomic E-state index is -0.449. The summed E-state index contributed by atoms with van der Waals surface area (Å²) in [6, 6.07) is 15.8. The summed E-state index contributed by atoms with van der Waals surface area (Å²) in [5.41, 5.74) is 4.41. The topological polar surface area (TPSA) is 174 Å². The lowest BCUT2D eigenvalue weighted by Gasteiger charge is -2.32. The number of pyridine rings is 1. The molecule has 4 amide bonds. The number of aryl methyl sites for hydroxylation is 2. The summed E-state index contributed by atoms with van der Waals surface area (Å²) in [5, 5.41) is 8.46. The summed E-state index contributed by atoms with van der Waals surface area (Å²) in [6.45, 7) is 0.923. The second-order valence-electron chi connectivity index (χ2n) is 13.4. The summed E-state index contributed by atoms with van der Waals surface area (Å²) in [6.07, 6.45) is 12.0. The van der Waals surface area contributed by atoms with E-state index in [1.165, 1.54) is 11.7 Å². The molecular formula is C40H41N9O6. The van der Waals surface area contributed by atoms with Crippen molar-refractivity contribution in [2.75, 3.05) is 36.2 Å². The van der Waals surface area contributed by atoms with E-state index in [0.29, 0.717) is 52.8 Å². The third-order valence-electron chi connectivity index (χ3n) is 9.51. The highest BCUT2D eigenvalue weighted by Gasteiger charge is 2.31. The number of hydrogen-bond donors (Lipinski definition) is 3. The number of hydrogen-bond acceptors (Lipinski definition) is 9. The number of amides is 4. The van der Waals surface area contributed by atoms with Crippen molar-refractivity contribution in [3.05, 3.63) is 96.5 Å². The predicted octanol–water partition coefficient (Wildman–Crippen LogP) is 5.84. The number of benzene rings is 2. The summed E-state index contributed by atoms with van der Waals surface area (Å²) in [7, 11) is 4.99. The SMILES string of the molecule is COc1cc2c(cc1OCCCC(=O)Nc1cn(C)c(C(=O)Nc3ccc(-c4cc(C(=O)Nc5ccncc5)n(C)c4)cc3)n1)N=C[C@@H]1CCCCN1C2=O. The van der Waals surface area contributed by atoms with Crippen LogP contribution in [-0.2, 0) is 18.9 Å². The second-order valence-corrected chi connectivity index (χ2v) is 13.4. The van der Waals surface area contributed by atoms with E-state index < -0.39 is 5.91 Å². The number of rotatable bonds is 12. The van der Waals surface area contributed by atoms with Gasteiger partial charge in [-0.25, -0.2) is 4.98 Å². The van der Waals surface area contributed by atoms with Gasteiger partial charge in [0.2, 0.25) is 11.7 Å². The number of aromatic nitrogens is 4. The summed E-state index contributed by atoms with van der Waals surface area (Å²) < 4.78 is 14.8. The fraction of sp³-hybridized carbons (Fsp3) is 0.275. The van der Waals surface area contributed by atoms with Gasteiger partial charge in [0.15, 0.2) is 17.3 Å². The molecule has 55 heavy (non-hydrogen) atoms. The van der Waals surface area contributed by atoms with Crippen molar-refractivity contribution in [3.8, 4) is 22.6 Å². The molecule has 2 aliphatic rings. The van der Waals surface area contributed by atoms with Crippen LogP contribution in [0.2, 0.25) is 0 Å². The van der Waals surface area contributed by atoms with E-state index in [9.17, 15) is 19.2 Å². The number of aliphatic imine (C=N–C) groups is 1. The number of carbonyl (C=O) groups excluding carboxylic acids is 4. The number of piperidine rings is 1. The number of imidazole rings is 1. The molecule has 15 nitrogen and oxygen atoms in total. The number of nitrogens with zero attached hydrogens (tertiary/aromatic N) is 6. The molecule has 0 spiro atoms. The minimum Gasteiger partial charge on any atom is -0.493 e. The zero-order chi connectivity index (χ0) is 38.5. The fourth-order valence-corrected chi connectivity index (χ4v) is 6.65. The van der Waals surface area contributed by atoms with Gasteiger partial charge in [0.25, 0.3) is 17.7 Å². The maximum Gasteiger partial charge on any atom is 0.291 e. The standard InChI is InChI=1S/C40H41N9O6/c1-47-23-26(19-32(47)38(51)43-28-13-15-41-16-14-28)25-9-11-27(12-10-25)44-39(52)37-46-35(24-48(37)2)45-36(50)8-6-18-55-34-21-31-30(20-33(34)54-3)40(53)49-17-5-4-7-29(49)22-42-31/h9-16,19-24,29H,4-8,17-18H2,1-3H3,(H,44,52)(H,45,50)(H,41,43,51)/t29-/m0/s1. The quantitative estimate of drug-likeness (QED) is 0.134. The van der Waals surface area contributed by atoms with Crippen LogP contribution in [-0.4, -0.2) is 80.1 Å². The summed E-state index contributed by atoms with van der Waals surface area (Å²) >= 11 is 0. The highest BCUT2D eigenvalue weighted by Crippen LogP contribution is 2.38. The van der Waals surface area contributed by atoms with Gasteiger partial charge >= 0.3 is 0 Å². The highest BCUT2D eigenvalue weighted by atomic mass is 16.5. The molecule has 3 aromatic heterocycles. The van der Waals surface area contributed by atoms with Gasteiger partial charge in [0.05, 0.1) is 31.0 Å². The van der Waals surface area contributed by atoms with Crippen LogP contribution < -0.4 is 25.4 Å². The van der Waals surface area contributed by atoms with Crippen molar-refractivity contribution in [2.24, 2.45) is 19.1 Å². The Labute approximate surface area is 317 Å². The van der Waals surface area contributed by atoms with Crippen LogP contribution in [0.4, 0.5) is 22.9 Å². The van der Waals surface area contributed by atoms with Crippen LogP contribution in [0.25, 0.3) is 11.1 Å². The molecule has 0 bridgehead atoms. The van der Waals surface area contributed by atoms with Gasteiger partial charge < -0.3 is 39.5 Å². The normalized spacial score (nSPS) is 14.7. The molecule has 1 atom stereocenters. The maximum atomic E-state index is 13.3. The smallest absolute Gasteiger partial charge is 0.291 e. The Morgan fingerprint density at radius 2 is 1.62 bits per heavy atom. The van der Waals surface area contributed by atoms with Crippen molar-refractivity contribution in [1.29, 1.82) is 0 Å². The van der Waals surface area contributed by atoms with Gasteiger partial charge in [-0.3, -0.25) is 29.2 Å². The maximum absolute atomic E-state index is 13.3. The van der Waals surface area contributed by atoms with Crippen LogP contribution in [0, 0.1) is 0 Å². The third kappa shape index (κ3) is 8.25. The molecule has 15 heteroatoms. The minimum absolute atomic E-state index is 0.0113. The van der Waals surface area contributed by atoms with E-state index in [0.717, 1.165) is 30.4 Å². The number of nitrogens with one attached hydrogen (secondary N) is 3. The monoisotopic (exact) mass is 743 g/mol. The molecule has 0 saturated carbocycles. The van der Waals surface area contributed by atoms with Crippen LogP contribution in [0.3, 0.4) is 0 Å². The number of methoxy groups -OCH3 is 1. The average molecular weight is 744 g/mol. The molecule has 1 saturated heterocycles. The molecule has 0 unspecified atom stereocenters. The molecule has 2 aliphatic heterocycles. The molecule has 5 aromatic rings. The van der Waals surface area contributed by atoms with Gasteiger partial charge in [-0.15, -0.1) is 0 Å². The summed E-state index contributed by atoms with van der Waals surface area (Å²) in [5.74, 6) is 0.180. The third-order valence-corrected chi connectivity index (χ3v) is 9.51. The molecule has 1 fully saturated rings. The van der Waals surface area contributed by atoms with Gasteiger partial charge in [-0.05, 0) is 67.6 Å². The van der Waals surface area contributed by atoms with E-state index in [-0.39, 0.29) is 48.4 Å². The Balaban J connectivity index is 0.900. The average Bonchev–Trinajstić information content (AvgIpc) is 3.73. The van der Waals surface area contributed by atoms with Crippen molar-refractivity contribution in [1.82, 2.24) is 24.0 Å². The van der Waals surface area contributed by atoms with Crippen molar-refractivity contribution in [2.45, 2.75) is 38.1 Å². The first-order valence-corrected chi connectivity index (χ1v) is 18.0. The lowest BCUT2D eigenvalue weighted by atomic mass is 10.0. The first kappa shape index (κ1) is 36.6. The van der Waals surface area contributed by atoms with E-state index >= 15 is 0 Å². The Bertz CT molecular complexity index is 2260. The van der Waals surface area contributed by atoms with Crippen LogP contribution in [0.15, 0.2) is 84.4 Å². The molecule has 3 N–H and O–H groups in total. The Morgan fingerprint density at radius 1 is 0.855 bits per heavy atom. The van der Waals surface area contributed by atoms with E-state index in [2.05, 4.69) is 30.9 Å². The zero-order valence-corrected chi connectivity index (χ0v) is 30.7. The van der Waals surface area contributed by atoms with Gasteiger partial charge in [0, 0.05) is 81.1 Å². The first-order valence-electron chi connectivity index (χ1n) is 18.0. The summed E-state index contributed by atoms with van der Waals surface area (Å²) in [4.78, 5) is 66.8. The molecule has 0 aliphatic carbocycles. The number of carbonyl (C=O) groups is 4. The Morgan fingerprint density at radius 3 is 2.40 bits per heavy atom. The van der Waals surface area contributed by atoms with E-state index in [1.54, 1.807) is 79.7 Å². The number of anilines is 3. The largest absolute Gasteiger partial charge is 0.493 e. The molecule has 5 heterocycles. The van der Waals surface area contributed by atoms with Gasteiger partial charge in [-0.1, -0.05) is 12.1 Å². The molecule has 7 rings (SSSR count). The van der Waals surface area contributed by atoms with Gasteiger partial charge in [0.1, 0.15) is 5.69 Å². The van der Waals surface area contributed by atoms with Crippen LogP contribution in [0.1, 0.15) is 63.6 Å². The highest BCUT2D eigenvalue weighted by molar-refractivity contribution is 6.05. The zero-order valence-electron chi connectivity index (χ0n) is 30.7. The lowest BCUT2D eigenvalue weighted by molar-refractivity contribution is -0.116. The second kappa shape index (κ2) is 16.1. The molecule has 2 aromatic carbocycles. The molecule has 282 valence electrons. The lowest BCUT2D eigenvalue weighted by Crippen LogP contribution is -2.43. The van der Waals surface area contributed by atoms with Crippen LogP contribution >= 0.6 is 0 Å². The number of fused-ring (bicyclic) bond motifs is 2. The van der Waals surface area contributed by atoms with Gasteiger partial charge in [-0.2, -0.15) is 0 Å². The predicted molar refractivity (Wildman–Crippen MR) is 207 cm³/mol. The van der Waals surface area contributed by atoms with Crippen LogP contribution in [0.5, 0.6) is 11.5 Å². The first-order chi connectivity index (χ1) is 26.7. The van der Waals surface area contributed by atoms with E-state index in [1.807, 2.05) is 29.4 Å². The number of ether oxygens (including phenoxy) is 2. The van der Waals surface area contributed by atoms with Crippen molar-refractivity contribution < 1.29 is 28.7 Å². The molecule has 0 radical (unpaired) electrons. The van der Waals surface area contributed by atoms with Crippen molar-refractivity contribution >= 4 is 52.7 Å². The Hall–Kier alpha value is -6.77.